The molecule has 0 unspecified atom stereocenters. The topological polar surface area (TPSA) is 44.0 Å². The maximum Gasteiger partial charge on any atom is 0.332 e. The van der Waals surface area contributed by atoms with Crippen LogP contribution in [0.4, 0.5) is 8.78 Å². The highest BCUT2D eigenvalue weighted by atomic mass is 32.1. The van der Waals surface area contributed by atoms with E-state index >= 15 is 0 Å². The number of halogens is 2. The molecule has 0 fully saturated rings. The van der Waals surface area contributed by atoms with Crippen molar-refractivity contribution in [2.75, 3.05) is 0 Å². The van der Waals surface area contributed by atoms with Crippen LogP contribution in [0.3, 0.4) is 0 Å². The summed E-state index contributed by atoms with van der Waals surface area (Å²) in [5.74, 6) is 0. The first kappa shape index (κ1) is 12.9. The molecule has 98 valence electrons. The van der Waals surface area contributed by atoms with Crippen molar-refractivity contribution in [2.24, 2.45) is 0 Å². The molecule has 0 aromatic carbocycles. The minimum atomic E-state index is -2.71. The van der Waals surface area contributed by atoms with Crippen LogP contribution in [-0.4, -0.2) is 9.13 Å². The molecule has 4 nitrogen and oxygen atoms in total. The fraction of sp³-hybridized carbons (Fsp3) is 0.455. The Hall–Kier alpha value is -1.50. The Morgan fingerprint density at radius 3 is 2.33 bits per heavy atom. The molecule has 0 bridgehead atoms. The van der Waals surface area contributed by atoms with Gasteiger partial charge >= 0.3 is 5.69 Å². The Kier molecular flexibility index (Phi) is 3.34. The fourth-order valence-corrected chi connectivity index (χ4v) is 3.06. The Morgan fingerprint density at radius 1 is 1.22 bits per heavy atom. The summed E-state index contributed by atoms with van der Waals surface area (Å²) in [5.41, 5.74) is -1.36. The third-order valence-corrected chi connectivity index (χ3v) is 3.85. The standard InChI is InChI=1S/C11H12F2N2O2S/c1-3-14-9(16)7-6(8(12)13)5-18-10(7)15(4-2)11(14)17/h5,8H,3-4H2,1-2H3. The van der Waals surface area contributed by atoms with Crippen LogP contribution in [0.2, 0.25) is 0 Å². The number of rotatable bonds is 3. The van der Waals surface area contributed by atoms with Gasteiger partial charge in [-0.25, -0.2) is 13.6 Å². The van der Waals surface area contributed by atoms with E-state index in [1.165, 1.54) is 9.95 Å². The highest BCUT2D eigenvalue weighted by molar-refractivity contribution is 7.17. The first-order chi connectivity index (χ1) is 8.52. The van der Waals surface area contributed by atoms with Crippen LogP contribution >= 0.6 is 11.3 Å². The molecule has 0 amide bonds. The average Bonchev–Trinajstić information content (AvgIpc) is 2.75. The molecule has 2 aromatic rings. The van der Waals surface area contributed by atoms with E-state index in [2.05, 4.69) is 0 Å². The molecular formula is C11H12F2N2O2S. The number of aromatic nitrogens is 2. The molecule has 7 heteroatoms. The van der Waals surface area contributed by atoms with Gasteiger partial charge < -0.3 is 0 Å². The number of nitrogens with zero attached hydrogens (tertiary/aromatic N) is 2. The van der Waals surface area contributed by atoms with Crippen molar-refractivity contribution in [3.8, 4) is 0 Å². The Balaban J connectivity index is 3.02. The molecule has 18 heavy (non-hydrogen) atoms. The summed E-state index contributed by atoms with van der Waals surface area (Å²) in [6.45, 7) is 3.90. The predicted molar refractivity (Wildman–Crippen MR) is 66.7 cm³/mol. The lowest BCUT2D eigenvalue weighted by atomic mass is 10.2. The Morgan fingerprint density at radius 2 is 1.83 bits per heavy atom. The van der Waals surface area contributed by atoms with Crippen LogP contribution in [0, 0.1) is 0 Å². The van der Waals surface area contributed by atoms with E-state index in [4.69, 9.17) is 0 Å². The fourth-order valence-electron chi connectivity index (χ4n) is 1.95. The molecule has 0 radical (unpaired) electrons. The Bertz CT molecular complexity index is 699. The third kappa shape index (κ3) is 1.69. The summed E-state index contributed by atoms with van der Waals surface area (Å²) in [7, 11) is 0. The van der Waals surface area contributed by atoms with Crippen molar-refractivity contribution < 1.29 is 8.78 Å². The van der Waals surface area contributed by atoms with E-state index in [-0.39, 0.29) is 17.5 Å². The van der Waals surface area contributed by atoms with Gasteiger partial charge in [-0.1, -0.05) is 0 Å². The number of thiophene rings is 1. The quantitative estimate of drug-likeness (QED) is 0.861. The second-order valence-corrected chi connectivity index (χ2v) is 4.61. The minimum absolute atomic E-state index is 0.0294. The van der Waals surface area contributed by atoms with Gasteiger partial charge in [0.15, 0.2) is 0 Å². The summed E-state index contributed by atoms with van der Waals surface area (Å²) in [6, 6.07) is 0. The summed E-state index contributed by atoms with van der Waals surface area (Å²) >= 11 is 1.01. The van der Waals surface area contributed by atoms with Crippen molar-refractivity contribution in [2.45, 2.75) is 33.4 Å². The van der Waals surface area contributed by atoms with E-state index < -0.39 is 17.7 Å². The number of alkyl halides is 2. The van der Waals surface area contributed by atoms with Crippen molar-refractivity contribution in [3.05, 3.63) is 31.8 Å². The normalized spacial score (nSPS) is 11.6. The molecule has 0 N–H and O–H groups in total. The highest BCUT2D eigenvalue weighted by Crippen LogP contribution is 2.30. The lowest BCUT2D eigenvalue weighted by Crippen LogP contribution is -2.39. The van der Waals surface area contributed by atoms with Crippen LogP contribution in [-0.2, 0) is 13.1 Å². The minimum Gasteiger partial charge on any atom is -0.285 e. The molecule has 0 saturated heterocycles. The van der Waals surface area contributed by atoms with Gasteiger partial charge in [-0.05, 0) is 13.8 Å². The van der Waals surface area contributed by atoms with Crippen molar-refractivity contribution >= 4 is 21.6 Å². The van der Waals surface area contributed by atoms with Gasteiger partial charge in [-0.15, -0.1) is 11.3 Å². The van der Waals surface area contributed by atoms with Crippen molar-refractivity contribution in [3.63, 3.8) is 0 Å². The predicted octanol–water partition coefficient (Wildman–Crippen LogP) is 2.20. The molecule has 0 saturated carbocycles. The number of aryl methyl sites for hydroxylation is 1. The van der Waals surface area contributed by atoms with Gasteiger partial charge in [0.25, 0.3) is 12.0 Å². The van der Waals surface area contributed by atoms with Gasteiger partial charge in [-0.2, -0.15) is 0 Å². The molecule has 2 heterocycles. The largest absolute Gasteiger partial charge is 0.332 e. The first-order valence-electron chi connectivity index (χ1n) is 5.55. The summed E-state index contributed by atoms with van der Waals surface area (Å²) in [5, 5.41) is 1.22. The van der Waals surface area contributed by atoms with E-state index in [0.717, 1.165) is 15.9 Å². The van der Waals surface area contributed by atoms with E-state index in [9.17, 15) is 18.4 Å². The van der Waals surface area contributed by atoms with Crippen LogP contribution in [0.25, 0.3) is 10.2 Å². The van der Waals surface area contributed by atoms with Crippen LogP contribution in [0.15, 0.2) is 15.0 Å². The smallest absolute Gasteiger partial charge is 0.285 e. The van der Waals surface area contributed by atoms with Crippen molar-refractivity contribution in [1.82, 2.24) is 9.13 Å². The number of hydrogen-bond acceptors (Lipinski definition) is 3. The van der Waals surface area contributed by atoms with Crippen LogP contribution in [0.1, 0.15) is 25.8 Å². The second-order valence-electron chi connectivity index (χ2n) is 3.75. The zero-order chi connectivity index (χ0) is 13.4. The average molecular weight is 274 g/mol. The molecular weight excluding hydrogens is 262 g/mol. The van der Waals surface area contributed by atoms with Crippen molar-refractivity contribution in [1.29, 1.82) is 0 Å². The Labute approximate surface area is 105 Å². The molecule has 0 aliphatic carbocycles. The zero-order valence-corrected chi connectivity index (χ0v) is 10.8. The SMILES string of the molecule is CCn1c(=O)c2c(C(F)F)csc2n(CC)c1=O. The lowest BCUT2D eigenvalue weighted by molar-refractivity contribution is 0.153. The molecule has 0 aliphatic heterocycles. The van der Waals surface area contributed by atoms with E-state index in [0.29, 0.717) is 11.4 Å². The van der Waals surface area contributed by atoms with Gasteiger partial charge in [0.2, 0.25) is 0 Å². The molecule has 0 atom stereocenters. The summed E-state index contributed by atoms with van der Waals surface area (Å²) in [6.07, 6.45) is -2.71. The van der Waals surface area contributed by atoms with Gasteiger partial charge in [0.05, 0.1) is 5.39 Å². The van der Waals surface area contributed by atoms with Gasteiger partial charge in [0.1, 0.15) is 4.83 Å². The highest BCUT2D eigenvalue weighted by Gasteiger charge is 2.21. The zero-order valence-electron chi connectivity index (χ0n) is 9.94. The monoisotopic (exact) mass is 274 g/mol. The van der Waals surface area contributed by atoms with E-state index in [1.807, 2.05) is 0 Å². The second kappa shape index (κ2) is 4.64. The van der Waals surface area contributed by atoms with Crippen LogP contribution < -0.4 is 11.2 Å². The molecule has 2 aromatic heterocycles. The number of hydrogen-bond donors (Lipinski definition) is 0. The molecule has 2 rings (SSSR count). The van der Waals surface area contributed by atoms with Crippen LogP contribution in [0.5, 0.6) is 0 Å². The maximum absolute atomic E-state index is 12.9. The summed E-state index contributed by atoms with van der Waals surface area (Å²) in [4.78, 5) is 24.4. The van der Waals surface area contributed by atoms with E-state index in [1.54, 1.807) is 13.8 Å². The maximum atomic E-state index is 12.9. The summed E-state index contributed by atoms with van der Waals surface area (Å²) < 4.78 is 28.1. The molecule has 0 aliphatic rings. The van der Waals surface area contributed by atoms with Gasteiger partial charge in [-0.3, -0.25) is 13.9 Å². The third-order valence-electron chi connectivity index (χ3n) is 2.83. The lowest BCUT2D eigenvalue weighted by Gasteiger charge is -2.08. The molecule has 0 spiro atoms. The number of fused-ring (bicyclic) bond motifs is 1. The van der Waals surface area contributed by atoms with Gasteiger partial charge in [0, 0.05) is 24.0 Å². The first-order valence-corrected chi connectivity index (χ1v) is 6.43.